The van der Waals surface area contributed by atoms with Crippen LogP contribution in [0.5, 0.6) is 5.75 Å². The number of benzene rings is 1. The average molecular weight is 251 g/mol. The summed E-state index contributed by atoms with van der Waals surface area (Å²) in [6, 6.07) is 7.84. The van der Waals surface area contributed by atoms with E-state index in [4.69, 9.17) is 16.3 Å². The van der Waals surface area contributed by atoms with Crippen molar-refractivity contribution in [3.63, 3.8) is 0 Å². The predicted molar refractivity (Wildman–Crippen MR) is 73.7 cm³/mol. The van der Waals surface area contributed by atoms with Crippen molar-refractivity contribution in [3.8, 4) is 17.6 Å². The Hall–Kier alpha value is -1.13. The molecule has 0 atom stereocenters. The summed E-state index contributed by atoms with van der Waals surface area (Å²) in [7, 11) is 0. The van der Waals surface area contributed by atoms with E-state index in [1.54, 1.807) is 0 Å². The lowest BCUT2D eigenvalue weighted by Crippen LogP contribution is -1.98. The van der Waals surface area contributed by atoms with Crippen molar-refractivity contribution >= 4 is 11.6 Å². The molecular weight excluding hydrogens is 232 g/mol. The first-order chi connectivity index (χ1) is 8.38. The molecule has 0 spiro atoms. The Balaban J connectivity index is 2.46. The van der Waals surface area contributed by atoms with E-state index in [-0.39, 0.29) is 0 Å². The molecule has 0 saturated heterocycles. The van der Waals surface area contributed by atoms with Gasteiger partial charge in [0.2, 0.25) is 0 Å². The van der Waals surface area contributed by atoms with Crippen LogP contribution in [0, 0.1) is 11.8 Å². The van der Waals surface area contributed by atoms with Crippen LogP contribution in [-0.2, 0) is 0 Å². The van der Waals surface area contributed by atoms with Crippen molar-refractivity contribution in [3.05, 3.63) is 29.8 Å². The minimum Gasteiger partial charge on any atom is -0.492 e. The smallest absolute Gasteiger partial charge is 0.134 e. The van der Waals surface area contributed by atoms with E-state index in [0.29, 0.717) is 5.88 Å². The molecule has 1 aromatic rings. The Morgan fingerprint density at radius 2 is 2.00 bits per heavy atom. The molecule has 0 fully saturated rings. The molecule has 92 valence electrons. The SMILES string of the molecule is CCCCCCOc1ccccc1C#CCCl. The maximum Gasteiger partial charge on any atom is 0.134 e. The fraction of sp³-hybridized carbons (Fsp3) is 0.467. The molecule has 2 heteroatoms. The van der Waals surface area contributed by atoms with Crippen LogP contribution in [0.25, 0.3) is 0 Å². The molecule has 1 aromatic carbocycles. The highest BCUT2D eigenvalue weighted by atomic mass is 35.5. The van der Waals surface area contributed by atoms with Crippen molar-refractivity contribution in [1.29, 1.82) is 0 Å². The number of halogens is 1. The van der Waals surface area contributed by atoms with Gasteiger partial charge in [0.1, 0.15) is 5.75 Å². The molecule has 17 heavy (non-hydrogen) atoms. The largest absolute Gasteiger partial charge is 0.492 e. The third-order valence-electron chi connectivity index (χ3n) is 2.43. The molecule has 0 amide bonds. The fourth-order valence-corrected chi connectivity index (χ4v) is 1.60. The van der Waals surface area contributed by atoms with E-state index in [0.717, 1.165) is 24.3 Å². The lowest BCUT2D eigenvalue weighted by Gasteiger charge is -2.07. The normalized spacial score (nSPS) is 9.53. The summed E-state index contributed by atoms with van der Waals surface area (Å²) in [6.07, 6.45) is 4.85. The average Bonchev–Trinajstić information content (AvgIpc) is 2.37. The number of ether oxygens (including phenoxy) is 1. The Morgan fingerprint density at radius 1 is 1.18 bits per heavy atom. The highest BCUT2D eigenvalue weighted by Gasteiger charge is 1.99. The van der Waals surface area contributed by atoms with Crippen molar-refractivity contribution in [2.24, 2.45) is 0 Å². The van der Waals surface area contributed by atoms with Gasteiger partial charge in [0, 0.05) is 0 Å². The first-order valence-corrected chi connectivity index (χ1v) is 6.68. The van der Waals surface area contributed by atoms with Crippen molar-refractivity contribution in [2.75, 3.05) is 12.5 Å². The van der Waals surface area contributed by atoms with Crippen LogP contribution >= 0.6 is 11.6 Å². The maximum absolute atomic E-state index is 5.74. The molecule has 1 nitrogen and oxygen atoms in total. The van der Waals surface area contributed by atoms with Crippen molar-refractivity contribution in [1.82, 2.24) is 0 Å². The van der Waals surface area contributed by atoms with Gasteiger partial charge in [-0.3, -0.25) is 0 Å². The van der Waals surface area contributed by atoms with E-state index in [1.807, 2.05) is 24.3 Å². The van der Waals surface area contributed by atoms with Gasteiger partial charge >= 0.3 is 0 Å². The Morgan fingerprint density at radius 3 is 2.76 bits per heavy atom. The van der Waals surface area contributed by atoms with Gasteiger partial charge in [0.15, 0.2) is 0 Å². The predicted octanol–water partition coefficient (Wildman–Crippen LogP) is 4.24. The van der Waals surface area contributed by atoms with Gasteiger partial charge in [-0.25, -0.2) is 0 Å². The molecule has 0 aliphatic heterocycles. The molecule has 0 radical (unpaired) electrons. The fourth-order valence-electron chi connectivity index (χ4n) is 1.54. The highest BCUT2D eigenvalue weighted by Crippen LogP contribution is 2.17. The Bertz CT molecular complexity index is 376. The molecule has 1 rings (SSSR count). The monoisotopic (exact) mass is 250 g/mol. The maximum atomic E-state index is 5.74. The minimum atomic E-state index is 0.352. The molecular formula is C15H19ClO. The zero-order valence-electron chi connectivity index (χ0n) is 10.3. The first-order valence-electron chi connectivity index (χ1n) is 6.15. The lowest BCUT2D eigenvalue weighted by molar-refractivity contribution is 0.304. The topological polar surface area (TPSA) is 9.23 Å². The molecule has 0 heterocycles. The van der Waals surface area contributed by atoms with Gasteiger partial charge in [-0.2, -0.15) is 0 Å². The second-order valence-electron chi connectivity index (χ2n) is 3.84. The second-order valence-corrected chi connectivity index (χ2v) is 4.11. The van der Waals surface area contributed by atoms with Gasteiger partial charge in [-0.05, 0) is 18.6 Å². The van der Waals surface area contributed by atoms with Gasteiger partial charge in [0.25, 0.3) is 0 Å². The molecule has 0 aliphatic rings. The zero-order valence-corrected chi connectivity index (χ0v) is 11.1. The number of unbranched alkanes of at least 4 members (excludes halogenated alkanes) is 3. The van der Waals surface area contributed by atoms with Gasteiger partial charge in [0.05, 0.1) is 18.1 Å². The minimum absolute atomic E-state index is 0.352. The molecule has 0 bridgehead atoms. The summed E-state index contributed by atoms with van der Waals surface area (Å²) in [5, 5.41) is 0. The van der Waals surface area contributed by atoms with E-state index >= 15 is 0 Å². The van der Waals surface area contributed by atoms with Crippen LogP contribution in [0.2, 0.25) is 0 Å². The molecule has 0 aromatic heterocycles. The third-order valence-corrected chi connectivity index (χ3v) is 2.57. The van der Waals surface area contributed by atoms with Crippen LogP contribution < -0.4 is 4.74 Å². The lowest BCUT2D eigenvalue weighted by atomic mass is 10.2. The quantitative estimate of drug-likeness (QED) is 0.417. The Kier molecular flexibility index (Phi) is 7.34. The summed E-state index contributed by atoms with van der Waals surface area (Å²) in [5.41, 5.74) is 0.920. The van der Waals surface area contributed by atoms with E-state index < -0.39 is 0 Å². The van der Waals surface area contributed by atoms with Crippen molar-refractivity contribution in [2.45, 2.75) is 32.6 Å². The molecule has 0 N–H and O–H groups in total. The molecule has 0 unspecified atom stereocenters. The van der Waals surface area contributed by atoms with Crippen LogP contribution in [0.4, 0.5) is 0 Å². The van der Waals surface area contributed by atoms with Crippen LogP contribution in [0.3, 0.4) is 0 Å². The van der Waals surface area contributed by atoms with E-state index in [2.05, 4.69) is 18.8 Å². The van der Waals surface area contributed by atoms with E-state index in [9.17, 15) is 0 Å². The summed E-state index contributed by atoms with van der Waals surface area (Å²) < 4.78 is 5.74. The van der Waals surface area contributed by atoms with E-state index in [1.165, 1.54) is 19.3 Å². The van der Waals surface area contributed by atoms with Crippen LogP contribution in [-0.4, -0.2) is 12.5 Å². The first kappa shape index (κ1) is 13.9. The van der Waals surface area contributed by atoms with Crippen LogP contribution in [0.15, 0.2) is 24.3 Å². The summed E-state index contributed by atoms with van der Waals surface area (Å²) in [6.45, 7) is 2.97. The van der Waals surface area contributed by atoms with Gasteiger partial charge in [-0.15, -0.1) is 11.6 Å². The van der Waals surface area contributed by atoms with Gasteiger partial charge < -0.3 is 4.74 Å². The number of para-hydroxylation sites is 1. The number of hydrogen-bond donors (Lipinski definition) is 0. The number of hydrogen-bond acceptors (Lipinski definition) is 1. The van der Waals surface area contributed by atoms with Crippen molar-refractivity contribution < 1.29 is 4.74 Å². The number of rotatable bonds is 6. The van der Waals surface area contributed by atoms with Crippen LogP contribution in [0.1, 0.15) is 38.2 Å². The van der Waals surface area contributed by atoms with Gasteiger partial charge in [-0.1, -0.05) is 50.2 Å². The Labute approximate surface area is 109 Å². The summed E-state index contributed by atoms with van der Waals surface area (Å²) in [5.74, 6) is 7.07. The highest BCUT2D eigenvalue weighted by molar-refractivity contribution is 6.19. The second kappa shape index (κ2) is 8.96. The summed E-state index contributed by atoms with van der Waals surface area (Å²) in [4.78, 5) is 0. The molecule has 0 aliphatic carbocycles. The molecule has 0 saturated carbocycles. The number of alkyl halides is 1. The standard InChI is InChI=1S/C15H19ClO/c1-2-3-4-7-13-17-15-11-6-5-9-14(15)10-8-12-16/h5-6,9,11H,2-4,7,12-13H2,1H3. The summed E-state index contributed by atoms with van der Waals surface area (Å²) >= 11 is 5.55. The zero-order chi connectivity index (χ0) is 12.3. The third kappa shape index (κ3) is 5.65.